The van der Waals surface area contributed by atoms with Crippen LogP contribution in [-0.2, 0) is 4.74 Å². The average molecular weight is 305 g/mol. The number of hydrogen-bond donors (Lipinski definition) is 0. The molecule has 0 aromatic heterocycles. The van der Waals surface area contributed by atoms with Crippen LogP contribution in [0, 0.1) is 11.7 Å². The number of hydrogen-bond acceptors (Lipinski definition) is 3. The largest absolute Gasteiger partial charge is 0.449 e. The molecule has 0 saturated heterocycles. The van der Waals surface area contributed by atoms with E-state index < -0.39 is 11.9 Å². The first kappa shape index (κ1) is 15.0. The summed E-state index contributed by atoms with van der Waals surface area (Å²) in [5.74, 6) is -0.731. The Morgan fingerprint density at radius 2 is 2.23 bits per heavy atom. The van der Waals surface area contributed by atoms with E-state index in [2.05, 4.69) is 0 Å². The van der Waals surface area contributed by atoms with Gasteiger partial charge in [0.05, 0.1) is 18.3 Å². The normalized spacial score (nSPS) is 23.2. The maximum Gasteiger partial charge on any atom is 0.414 e. The number of carbonyl (C=O) groups excluding carboxylic acids is 2. The second-order valence-corrected chi connectivity index (χ2v) is 5.97. The first-order valence-electron chi connectivity index (χ1n) is 7.93. The van der Waals surface area contributed by atoms with E-state index in [4.69, 9.17) is 4.74 Å². The number of ketones is 1. The van der Waals surface area contributed by atoms with E-state index in [0.29, 0.717) is 17.9 Å². The van der Waals surface area contributed by atoms with Crippen LogP contribution in [0.1, 0.15) is 49.4 Å². The lowest BCUT2D eigenvalue weighted by molar-refractivity contribution is 0.0896. The molecule has 1 aromatic carbocycles. The van der Waals surface area contributed by atoms with Gasteiger partial charge in [0.15, 0.2) is 5.78 Å². The molecule has 0 radical (unpaired) electrons. The lowest BCUT2D eigenvalue weighted by Gasteiger charge is -2.37. The van der Waals surface area contributed by atoms with E-state index in [0.717, 1.165) is 32.1 Å². The summed E-state index contributed by atoms with van der Waals surface area (Å²) in [7, 11) is 0. The molecule has 118 valence electrons. The summed E-state index contributed by atoms with van der Waals surface area (Å²) < 4.78 is 18.8. The fourth-order valence-corrected chi connectivity index (χ4v) is 3.46. The minimum atomic E-state index is -0.456. The number of rotatable bonds is 3. The molecule has 1 aromatic rings. The average Bonchev–Trinajstić information content (AvgIpc) is 2.98. The van der Waals surface area contributed by atoms with Crippen LogP contribution in [-0.4, -0.2) is 24.5 Å². The maximum absolute atomic E-state index is 13.5. The number of benzene rings is 1. The van der Waals surface area contributed by atoms with Gasteiger partial charge in [-0.3, -0.25) is 9.69 Å². The zero-order valence-electron chi connectivity index (χ0n) is 12.7. The van der Waals surface area contributed by atoms with Gasteiger partial charge >= 0.3 is 6.09 Å². The van der Waals surface area contributed by atoms with Crippen LogP contribution < -0.4 is 4.90 Å². The summed E-state index contributed by atoms with van der Waals surface area (Å²) in [6.45, 7) is 2.40. The van der Waals surface area contributed by atoms with E-state index in [9.17, 15) is 14.0 Å². The molecule has 5 heteroatoms. The Labute approximate surface area is 129 Å². The standard InChI is InChI=1S/C17H20FNO3/c1-2-3-9-22-17(21)19-14-6-4-5-12(14)16(20)13-10-11(18)7-8-15(13)19/h7-8,10,12,14H,2-6,9H2,1H3. The highest BCUT2D eigenvalue weighted by Crippen LogP contribution is 2.42. The zero-order valence-corrected chi connectivity index (χ0v) is 12.7. The number of amides is 1. The Hall–Kier alpha value is -1.91. The predicted molar refractivity (Wildman–Crippen MR) is 80.6 cm³/mol. The van der Waals surface area contributed by atoms with Gasteiger partial charge < -0.3 is 4.74 Å². The Kier molecular flexibility index (Phi) is 4.14. The summed E-state index contributed by atoms with van der Waals surface area (Å²) in [6.07, 6.45) is 3.76. The molecule has 2 unspecified atom stereocenters. The number of Topliss-reactive ketones (excluding diaryl/α,β-unsaturated/α-hetero) is 1. The van der Waals surface area contributed by atoms with Gasteiger partial charge in [0, 0.05) is 11.5 Å². The van der Waals surface area contributed by atoms with E-state index in [-0.39, 0.29) is 17.7 Å². The van der Waals surface area contributed by atoms with Crippen LogP contribution >= 0.6 is 0 Å². The van der Waals surface area contributed by atoms with Crippen LogP contribution in [0.2, 0.25) is 0 Å². The van der Waals surface area contributed by atoms with Crippen molar-refractivity contribution in [2.45, 2.75) is 45.1 Å². The number of carbonyl (C=O) groups is 2. The summed E-state index contributed by atoms with van der Waals surface area (Å²) >= 11 is 0. The number of fused-ring (bicyclic) bond motifs is 2. The highest BCUT2D eigenvalue weighted by Gasteiger charge is 2.46. The topological polar surface area (TPSA) is 46.6 Å². The first-order chi connectivity index (χ1) is 10.6. The second kappa shape index (κ2) is 6.07. The molecule has 1 fully saturated rings. The Bertz CT molecular complexity index is 602. The summed E-state index contributed by atoms with van der Waals surface area (Å²) in [5.41, 5.74) is 0.784. The van der Waals surface area contributed by atoms with Gasteiger partial charge in [-0.2, -0.15) is 0 Å². The van der Waals surface area contributed by atoms with Crippen molar-refractivity contribution in [3.8, 4) is 0 Å². The molecule has 3 rings (SSSR count). The second-order valence-electron chi connectivity index (χ2n) is 5.97. The molecule has 1 amide bonds. The van der Waals surface area contributed by atoms with Crippen LogP contribution in [0.25, 0.3) is 0 Å². The third-order valence-electron chi connectivity index (χ3n) is 4.55. The van der Waals surface area contributed by atoms with Gasteiger partial charge in [0.1, 0.15) is 5.82 Å². The third kappa shape index (κ3) is 2.49. The fourth-order valence-electron chi connectivity index (χ4n) is 3.46. The van der Waals surface area contributed by atoms with Gasteiger partial charge in [-0.15, -0.1) is 0 Å². The van der Waals surface area contributed by atoms with Crippen molar-refractivity contribution in [1.82, 2.24) is 0 Å². The Morgan fingerprint density at radius 1 is 1.41 bits per heavy atom. The van der Waals surface area contributed by atoms with Gasteiger partial charge in [0.25, 0.3) is 0 Å². The van der Waals surface area contributed by atoms with Crippen LogP contribution in [0.4, 0.5) is 14.9 Å². The zero-order chi connectivity index (χ0) is 15.7. The van der Waals surface area contributed by atoms with Crippen molar-refractivity contribution in [2.75, 3.05) is 11.5 Å². The van der Waals surface area contributed by atoms with Gasteiger partial charge in [-0.05, 0) is 37.5 Å². The molecule has 0 bridgehead atoms. The van der Waals surface area contributed by atoms with Gasteiger partial charge in [0.2, 0.25) is 0 Å². The van der Waals surface area contributed by atoms with Crippen LogP contribution in [0.15, 0.2) is 18.2 Å². The van der Waals surface area contributed by atoms with Crippen molar-refractivity contribution >= 4 is 17.6 Å². The van der Waals surface area contributed by atoms with E-state index >= 15 is 0 Å². The van der Waals surface area contributed by atoms with Crippen molar-refractivity contribution < 1.29 is 18.7 Å². The first-order valence-corrected chi connectivity index (χ1v) is 7.93. The van der Waals surface area contributed by atoms with Crippen molar-refractivity contribution in [3.05, 3.63) is 29.6 Å². The number of halogens is 1. The molecule has 0 N–H and O–H groups in total. The van der Waals surface area contributed by atoms with E-state index in [1.54, 1.807) is 4.90 Å². The molecular formula is C17H20FNO3. The Balaban J connectivity index is 1.95. The van der Waals surface area contributed by atoms with Crippen molar-refractivity contribution in [1.29, 1.82) is 0 Å². The van der Waals surface area contributed by atoms with Gasteiger partial charge in [-0.25, -0.2) is 9.18 Å². The number of unbranched alkanes of at least 4 members (excludes halogenated alkanes) is 1. The highest BCUT2D eigenvalue weighted by atomic mass is 19.1. The van der Waals surface area contributed by atoms with Crippen molar-refractivity contribution in [2.24, 2.45) is 5.92 Å². The quantitative estimate of drug-likeness (QED) is 0.795. The summed E-state index contributed by atoms with van der Waals surface area (Å²) in [4.78, 5) is 26.6. The van der Waals surface area contributed by atoms with Crippen molar-refractivity contribution in [3.63, 3.8) is 0 Å². The molecule has 1 saturated carbocycles. The summed E-state index contributed by atoms with van der Waals surface area (Å²) in [6, 6.07) is 3.88. The molecular weight excluding hydrogens is 285 g/mol. The molecule has 1 heterocycles. The molecule has 2 aliphatic rings. The number of ether oxygens (including phenoxy) is 1. The molecule has 1 aliphatic carbocycles. The minimum Gasteiger partial charge on any atom is -0.449 e. The molecule has 1 aliphatic heterocycles. The monoisotopic (exact) mass is 305 g/mol. The minimum absolute atomic E-state index is 0.0467. The van der Waals surface area contributed by atoms with E-state index in [1.807, 2.05) is 6.92 Å². The molecule has 2 atom stereocenters. The molecule has 22 heavy (non-hydrogen) atoms. The third-order valence-corrected chi connectivity index (χ3v) is 4.55. The lowest BCUT2D eigenvalue weighted by Crippen LogP contribution is -2.49. The molecule has 0 spiro atoms. The SMILES string of the molecule is CCCCOC(=O)N1c2ccc(F)cc2C(=O)C2CCCC21. The fraction of sp³-hybridized carbons (Fsp3) is 0.529. The summed E-state index contributed by atoms with van der Waals surface area (Å²) in [5, 5.41) is 0. The van der Waals surface area contributed by atoms with Crippen LogP contribution in [0.5, 0.6) is 0 Å². The lowest BCUT2D eigenvalue weighted by atomic mass is 9.86. The smallest absolute Gasteiger partial charge is 0.414 e. The predicted octanol–water partition coefficient (Wildman–Crippen LogP) is 3.93. The van der Waals surface area contributed by atoms with Gasteiger partial charge in [-0.1, -0.05) is 19.8 Å². The Morgan fingerprint density at radius 3 is 3.00 bits per heavy atom. The van der Waals surface area contributed by atoms with E-state index in [1.165, 1.54) is 18.2 Å². The maximum atomic E-state index is 13.5. The van der Waals surface area contributed by atoms with Crippen LogP contribution in [0.3, 0.4) is 0 Å². The highest BCUT2D eigenvalue weighted by molar-refractivity contribution is 6.09. The number of nitrogens with zero attached hydrogens (tertiary/aromatic N) is 1. The number of anilines is 1. The molecule has 4 nitrogen and oxygen atoms in total.